The maximum Gasteiger partial charge on any atom is 0.0371 e. The van der Waals surface area contributed by atoms with Crippen molar-refractivity contribution < 1.29 is 0 Å². The molecule has 0 aliphatic rings. The Kier molecular flexibility index (Phi) is 4.76. The zero-order valence-electron chi connectivity index (χ0n) is 12.2. The number of nitrogens with one attached hydrogen (secondary N) is 1. The topological polar surface area (TPSA) is 12.0 Å². The van der Waals surface area contributed by atoms with Crippen LogP contribution in [0.2, 0.25) is 0 Å². The monoisotopic (exact) mass is 233 g/mol. The lowest BCUT2D eigenvalue weighted by molar-refractivity contribution is 0.272. The first kappa shape index (κ1) is 14.2. The third-order valence-corrected chi connectivity index (χ3v) is 3.20. The molecule has 0 aliphatic carbocycles. The van der Waals surface area contributed by atoms with Crippen molar-refractivity contribution >= 4 is 0 Å². The molecule has 1 nitrogen and oxygen atoms in total. The Morgan fingerprint density at radius 1 is 1.18 bits per heavy atom. The first-order valence-corrected chi connectivity index (χ1v) is 6.66. The number of hydrogen-bond acceptors (Lipinski definition) is 1. The lowest BCUT2D eigenvalue weighted by Crippen LogP contribution is -2.33. The van der Waals surface area contributed by atoms with Crippen molar-refractivity contribution in [2.24, 2.45) is 5.41 Å². The Morgan fingerprint density at radius 3 is 2.29 bits per heavy atom. The van der Waals surface area contributed by atoms with E-state index in [4.69, 9.17) is 0 Å². The molecule has 17 heavy (non-hydrogen) atoms. The molecule has 0 bridgehead atoms. The summed E-state index contributed by atoms with van der Waals surface area (Å²) in [4.78, 5) is 0. The van der Waals surface area contributed by atoms with Gasteiger partial charge < -0.3 is 5.32 Å². The van der Waals surface area contributed by atoms with Gasteiger partial charge in [0.15, 0.2) is 0 Å². The standard InChI is InChI=1S/C16H27N/c1-7-10-17-15(16(4,5)6)14-9-8-12(2)11-13(14)3/h8-9,11,15,17H,7,10H2,1-6H3. The average molecular weight is 233 g/mol. The summed E-state index contributed by atoms with van der Waals surface area (Å²) in [5.74, 6) is 0. The van der Waals surface area contributed by atoms with Crippen LogP contribution in [0.3, 0.4) is 0 Å². The highest BCUT2D eigenvalue weighted by Gasteiger charge is 2.26. The van der Waals surface area contributed by atoms with Crippen molar-refractivity contribution in [1.29, 1.82) is 0 Å². The van der Waals surface area contributed by atoms with Gasteiger partial charge in [-0.15, -0.1) is 0 Å². The van der Waals surface area contributed by atoms with E-state index in [-0.39, 0.29) is 5.41 Å². The fourth-order valence-corrected chi connectivity index (χ4v) is 2.32. The van der Waals surface area contributed by atoms with Gasteiger partial charge in [-0.1, -0.05) is 51.5 Å². The van der Waals surface area contributed by atoms with E-state index >= 15 is 0 Å². The Morgan fingerprint density at radius 2 is 1.82 bits per heavy atom. The van der Waals surface area contributed by atoms with E-state index in [9.17, 15) is 0 Å². The van der Waals surface area contributed by atoms with Gasteiger partial charge in [-0.2, -0.15) is 0 Å². The van der Waals surface area contributed by atoms with Gasteiger partial charge in [0.2, 0.25) is 0 Å². The van der Waals surface area contributed by atoms with E-state index in [1.54, 1.807) is 0 Å². The molecule has 0 aromatic heterocycles. The molecule has 1 rings (SSSR count). The van der Waals surface area contributed by atoms with Crippen molar-refractivity contribution in [3.05, 3.63) is 34.9 Å². The number of aryl methyl sites for hydroxylation is 2. The molecule has 1 aromatic rings. The third-order valence-electron chi connectivity index (χ3n) is 3.20. The van der Waals surface area contributed by atoms with Crippen LogP contribution in [0.4, 0.5) is 0 Å². The first-order chi connectivity index (χ1) is 7.86. The molecule has 0 spiro atoms. The second-order valence-electron chi connectivity index (χ2n) is 6.11. The predicted octanol–water partition coefficient (Wildman–Crippen LogP) is 4.39. The molecule has 1 heteroatoms. The molecule has 0 radical (unpaired) electrons. The van der Waals surface area contributed by atoms with E-state index in [0.717, 1.165) is 6.54 Å². The van der Waals surface area contributed by atoms with Crippen LogP contribution in [0.15, 0.2) is 18.2 Å². The van der Waals surface area contributed by atoms with Crippen LogP contribution in [0.1, 0.15) is 56.8 Å². The summed E-state index contributed by atoms with van der Waals surface area (Å²) in [6.45, 7) is 14.6. The van der Waals surface area contributed by atoms with Crippen LogP contribution in [0.5, 0.6) is 0 Å². The molecule has 1 atom stereocenters. The van der Waals surface area contributed by atoms with Crippen LogP contribution in [0.25, 0.3) is 0 Å². The normalized spacial score (nSPS) is 13.8. The van der Waals surface area contributed by atoms with Crippen LogP contribution in [-0.2, 0) is 0 Å². The summed E-state index contributed by atoms with van der Waals surface area (Å²) in [7, 11) is 0. The second-order valence-corrected chi connectivity index (χ2v) is 6.11. The molecule has 1 N–H and O–H groups in total. The van der Waals surface area contributed by atoms with Gasteiger partial charge in [-0.3, -0.25) is 0 Å². The first-order valence-electron chi connectivity index (χ1n) is 6.66. The summed E-state index contributed by atoms with van der Waals surface area (Å²) in [6, 6.07) is 7.21. The van der Waals surface area contributed by atoms with Crippen LogP contribution in [0, 0.1) is 19.3 Å². The lowest BCUT2D eigenvalue weighted by Gasteiger charge is -2.33. The molecule has 0 saturated heterocycles. The number of rotatable bonds is 4. The van der Waals surface area contributed by atoms with Crippen molar-refractivity contribution in [2.75, 3.05) is 6.54 Å². The van der Waals surface area contributed by atoms with Crippen molar-refractivity contribution in [2.45, 2.75) is 54.0 Å². The minimum absolute atomic E-state index is 0.245. The molecule has 1 unspecified atom stereocenters. The lowest BCUT2D eigenvalue weighted by atomic mass is 9.80. The molecule has 0 amide bonds. The smallest absolute Gasteiger partial charge is 0.0371 e. The molecule has 0 heterocycles. The summed E-state index contributed by atoms with van der Waals surface area (Å²) in [5, 5.41) is 3.69. The Bertz CT molecular complexity index is 360. The van der Waals surface area contributed by atoms with Gasteiger partial charge in [-0.25, -0.2) is 0 Å². The molecule has 1 aromatic carbocycles. The summed E-state index contributed by atoms with van der Waals surface area (Å²) < 4.78 is 0. The Balaban J connectivity index is 3.04. The van der Waals surface area contributed by atoms with Crippen molar-refractivity contribution in [1.82, 2.24) is 5.32 Å². The summed E-state index contributed by atoms with van der Waals surface area (Å²) in [5.41, 5.74) is 4.43. The van der Waals surface area contributed by atoms with Gasteiger partial charge in [0, 0.05) is 6.04 Å². The zero-order valence-corrected chi connectivity index (χ0v) is 12.2. The molecule has 0 saturated carbocycles. The molecular weight excluding hydrogens is 206 g/mol. The highest BCUT2D eigenvalue weighted by molar-refractivity contribution is 5.33. The van der Waals surface area contributed by atoms with Crippen LogP contribution < -0.4 is 5.32 Å². The fourth-order valence-electron chi connectivity index (χ4n) is 2.32. The SMILES string of the molecule is CCCNC(c1ccc(C)cc1C)C(C)(C)C. The van der Waals surface area contributed by atoms with E-state index in [1.165, 1.54) is 23.1 Å². The van der Waals surface area contributed by atoms with Crippen molar-refractivity contribution in [3.63, 3.8) is 0 Å². The fraction of sp³-hybridized carbons (Fsp3) is 0.625. The Labute approximate surface area is 107 Å². The largest absolute Gasteiger partial charge is 0.309 e. The minimum Gasteiger partial charge on any atom is -0.309 e. The average Bonchev–Trinajstić information content (AvgIpc) is 2.19. The zero-order chi connectivity index (χ0) is 13.1. The quantitative estimate of drug-likeness (QED) is 0.813. The van der Waals surface area contributed by atoms with Crippen LogP contribution in [-0.4, -0.2) is 6.54 Å². The highest BCUT2D eigenvalue weighted by Crippen LogP contribution is 2.34. The molecule has 96 valence electrons. The van der Waals surface area contributed by atoms with Gasteiger partial charge in [0.05, 0.1) is 0 Å². The summed E-state index contributed by atoms with van der Waals surface area (Å²) >= 11 is 0. The maximum absolute atomic E-state index is 3.69. The van der Waals surface area contributed by atoms with Crippen molar-refractivity contribution in [3.8, 4) is 0 Å². The highest BCUT2D eigenvalue weighted by atomic mass is 14.9. The number of hydrogen-bond donors (Lipinski definition) is 1. The number of benzene rings is 1. The van der Waals surface area contributed by atoms with E-state index in [1.807, 2.05) is 0 Å². The van der Waals surface area contributed by atoms with E-state index in [0.29, 0.717) is 6.04 Å². The maximum atomic E-state index is 3.69. The van der Waals surface area contributed by atoms with Gasteiger partial charge in [-0.05, 0) is 43.4 Å². The minimum atomic E-state index is 0.245. The second kappa shape index (κ2) is 5.68. The van der Waals surface area contributed by atoms with Gasteiger partial charge in [0.25, 0.3) is 0 Å². The van der Waals surface area contributed by atoms with Gasteiger partial charge >= 0.3 is 0 Å². The predicted molar refractivity (Wildman–Crippen MR) is 76.4 cm³/mol. The summed E-state index contributed by atoms with van der Waals surface area (Å²) in [6.07, 6.45) is 1.18. The molecule has 0 fully saturated rings. The van der Waals surface area contributed by atoms with Crippen LogP contribution >= 0.6 is 0 Å². The van der Waals surface area contributed by atoms with Gasteiger partial charge in [0.1, 0.15) is 0 Å². The van der Waals surface area contributed by atoms with E-state index in [2.05, 4.69) is 65.1 Å². The Hall–Kier alpha value is -0.820. The molecule has 0 aliphatic heterocycles. The third kappa shape index (κ3) is 3.85. The molecular formula is C16H27N. The van der Waals surface area contributed by atoms with E-state index < -0.39 is 0 Å².